The number of hydrogen-bond acceptors (Lipinski definition) is 5. The molecule has 1 fully saturated rings. The van der Waals surface area contributed by atoms with Gasteiger partial charge in [-0.15, -0.1) is 0 Å². The fourth-order valence-electron chi connectivity index (χ4n) is 3.07. The Bertz CT molecular complexity index is 828. The lowest BCUT2D eigenvalue weighted by molar-refractivity contribution is -0.125. The second kappa shape index (κ2) is 7.55. The van der Waals surface area contributed by atoms with Gasteiger partial charge in [0.15, 0.2) is 5.65 Å². The van der Waals surface area contributed by atoms with Crippen molar-refractivity contribution < 1.29 is 9.59 Å². The van der Waals surface area contributed by atoms with E-state index in [1.54, 1.807) is 17.3 Å². The summed E-state index contributed by atoms with van der Waals surface area (Å²) in [6, 6.07) is 0.0466. The van der Waals surface area contributed by atoms with Crippen LogP contribution in [0.5, 0.6) is 0 Å². The molecule has 0 aliphatic carbocycles. The molecule has 8 heteroatoms. The van der Waals surface area contributed by atoms with Crippen LogP contribution >= 0.6 is 0 Å². The van der Waals surface area contributed by atoms with Gasteiger partial charge in [-0.25, -0.2) is 9.97 Å². The van der Waals surface area contributed by atoms with Crippen molar-refractivity contribution >= 4 is 28.8 Å². The van der Waals surface area contributed by atoms with Gasteiger partial charge in [-0.2, -0.15) is 0 Å². The minimum absolute atomic E-state index is 0.0261. The van der Waals surface area contributed by atoms with Gasteiger partial charge in [-0.1, -0.05) is 6.58 Å². The molecule has 26 heavy (non-hydrogen) atoms. The lowest BCUT2D eigenvalue weighted by Crippen LogP contribution is -2.30. The van der Waals surface area contributed by atoms with E-state index < -0.39 is 0 Å². The fraction of sp³-hybridized carbons (Fsp3) is 0.444. The number of aromatic nitrogens is 3. The summed E-state index contributed by atoms with van der Waals surface area (Å²) in [5.41, 5.74) is 1.60. The van der Waals surface area contributed by atoms with Crippen LogP contribution in [0.15, 0.2) is 25.0 Å². The zero-order chi connectivity index (χ0) is 18.7. The van der Waals surface area contributed by atoms with Crippen LogP contribution in [-0.4, -0.2) is 57.3 Å². The molecule has 8 nitrogen and oxygen atoms in total. The number of H-pyrrole nitrogens is 1. The zero-order valence-electron chi connectivity index (χ0n) is 15.1. The van der Waals surface area contributed by atoms with E-state index in [4.69, 9.17) is 0 Å². The summed E-state index contributed by atoms with van der Waals surface area (Å²) in [5.74, 6) is 0.768. The fourth-order valence-corrected chi connectivity index (χ4v) is 3.07. The molecule has 3 N–H and O–H groups in total. The number of nitrogens with one attached hydrogen (secondary N) is 3. The van der Waals surface area contributed by atoms with Crippen LogP contribution < -0.4 is 10.6 Å². The smallest absolute Gasteiger partial charge is 0.255 e. The van der Waals surface area contributed by atoms with E-state index in [1.807, 2.05) is 13.8 Å². The standard InChI is InChI=1S/C18H24N6O2/c1-4-15(25)24-6-5-12(10-24)7-19-14-9-21-17-16(23-14)13(8-20-17)18(26)22-11(2)3/h4,8-9,11-12H,1,5-7,10H2,2-3H3,(H,19,23)(H,20,21)(H,22,26)/t12-/m0/s1. The molecule has 0 aromatic carbocycles. The molecule has 0 bridgehead atoms. The van der Waals surface area contributed by atoms with Crippen molar-refractivity contribution in [1.29, 1.82) is 0 Å². The molecule has 2 aromatic rings. The molecule has 1 saturated heterocycles. The van der Waals surface area contributed by atoms with Crippen molar-refractivity contribution in [2.24, 2.45) is 5.92 Å². The number of anilines is 1. The molecular weight excluding hydrogens is 332 g/mol. The first-order valence-electron chi connectivity index (χ1n) is 8.78. The Morgan fingerprint density at radius 3 is 3.04 bits per heavy atom. The third kappa shape index (κ3) is 3.84. The molecule has 2 amide bonds. The maximum Gasteiger partial charge on any atom is 0.255 e. The molecule has 2 aromatic heterocycles. The molecular formula is C18H24N6O2. The van der Waals surface area contributed by atoms with Gasteiger partial charge in [-0.05, 0) is 32.3 Å². The van der Waals surface area contributed by atoms with E-state index in [0.717, 1.165) is 13.0 Å². The quantitative estimate of drug-likeness (QED) is 0.681. The van der Waals surface area contributed by atoms with Crippen LogP contribution in [0.2, 0.25) is 0 Å². The maximum absolute atomic E-state index is 12.3. The Balaban J connectivity index is 1.66. The largest absolute Gasteiger partial charge is 0.368 e. The van der Waals surface area contributed by atoms with E-state index in [-0.39, 0.29) is 17.9 Å². The van der Waals surface area contributed by atoms with Gasteiger partial charge >= 0.3 is 0 Å². The van der Waals surface area contributed by atoms with Gasteiger partial charge in [0.25, 0.3) is 5.91 Å². The molecule has 0 spiro atoms. The number of carbonyl (C=O) groups excluding carboxylic acids is 2. The first-order valence-corrected chi connectivity index (χ1v) is 8.78. The molecule has 138 valence electrons. The maximum atomic E-state index is 12.3. The van der Waals surface area contributed by atoms with Crippen molar-refractivity contribution in [2.75, 3.05) is 25.0 Å². The topological polar surface area (TPSA) is 103 Å². The van der Waals surface area contributed by atoms with Crippen LogP contribution in [0.1, 0.15) is 30.6 Å². The average Bonchev–Trinajstić information content (AvgIpc) is 3.25. The number of amides is 2. The van der Waals surface area contributed by atoms with Gasteiger partial charge in [0.1, 0.15) is 11.3 Å². The molecule has 1 atom stereocenters. The molecule has 0 unspecified atom stereocenters. The lowest BCUT2D eigenvalue weighted by atomic mass is 10.1. The SMILES string of the molecule is C=CC(=O)N1CC[C@@H](CNc2cnc3[nH]cc(C(=O)NC(C)C)c3n2)C1. The van der Waals surface area contributed by atoms with Crippen molar-refractivity contribution in [3.8, 4) is 0 Å². The van der Waals surface area contributed by atoms with Gasteiger partial charge in [0, 0.05) is 31.9 Å². The minimum Gasteiger partial charge on any atom is -0.368 e. The Labute approximate surface area is 152 Å². The summed E-state index contributed by atoms with van der Waals surface area (Å²) in [6.07, 6.45) is 5.56. The highest BCUT2D eigenvalue weighted by atomic mass is 16.2. The summed E-state index contributed by atoms with van der Waals surface area (Å²) >= 11 is 0. The van der Waals surface area contributed by atoms with Gasteiger partial charge in [0.05, 0.1) is 11.8 Å². The summed E-state index contributed by atoms with van der Waals surface area (Å²) in [7, 11) is 0. The first-order chi connectivity index (χ1) is 12.5. The van der Waals surface area contributed by atoms with Crippen LogP contribution in [0.3, 0.4) is 0 Å². The summed E-state index contributed by atoms with van der Waals surface area (Å²) in [5, 5.41) is 6.13. The van der Waals surface area contributed by atoms with Crippen molar-refractivity contribution in [3.05, 3.63) is 30.6 Å². The third-order valence-corrected chi connectivity index (χ3v) is 4.39. The number of fused-ring (bicyclic) bond motifs is 1. The highest BCUT2D eigenvalue weighted by Gasteiger charge is 2.24. The summed E-state index contributed by atoms with van der Waals surface area (Å²) in [6.45, 7) is 9.50. The molecule has 0 radical (unpaired) electrons. The second-order valence-electron chi connectivity index (χ2n) is 6.81. The van der Waals surface area contributed by atoms with Crippen LogP contribution in [0.25, 0.3) is 11.2 Å². The van der Waals surface area contributed by atoms with Crippen LogP contribution in [-0.2, 0) is 4.79 Å². The van der Waals surface area contributed by atoms with E-state index >= 15 is 0 Å². The molecule has 1 aliphatic heterocycles. The van der Waals surface area contributed by atoms with E-state index in [9.17, 15) is 9.59 Å². The Morgan fingerprint density at radius 2 is 2.31 bits per heavy atom. The minimum atomic E-state index is -0.174. The predicted octanol–water partition coefficient (Wildman–Crippen LogP) is 1.54. The highest BCUT2D eigenvalue weighted by Crippen LogP contribution is 2.19. The predicted molar refractivity (Wildman–Crippen MR) is 99.9 cm³/mol. The van der Waals surface area contributed by atoms with Gasteiger partial charge in [-0.3, -0.25) is 9.59 Å². The molecule has 1 aliphatic rings. The van der Waals surface area contributed by atoms with Crippen molar-refractivity contribution in [1.82, 2.24) is 25.2 Å². The summed E-state index contributed by atoms with van der Waals surface area (Å²) in [4.78, 5) is 37.6. The molecule has 3 heterocycles. The lowest BCUT2D eigenvalue weighted by Gasteiger charge is -2.14. The zero-order valence-corrected chi connectivity index (χ0v) is 15.1. The van der Waals surface area contributed by atoms with Crippen molar-refractivity contribution in [2.45, 2.75) is 26.3 Å². The van der Waals surface area contributed by atoms with Gasteiger partial charge < -0.3 is 20.5 Å². The number of likely N-dealkylation sites (tertiary alicyclic amines) is 1. The highest BCUT2D eigenvalue weighted by molar-refractivity contribution is 6.04. The molecule has 0 saturated carbocycles. The number of hydrogen-bond donors (Lipinski definition) is 3. The number of nitrogens with zero attached hydrogens (tertiary/aromatic N) is 3. The first kappa shape index (κ1) is 17.9. The van der Waals surface area contributed by atoms with Crippen LogP contribution in [0, 0.1) is 5.92 Å². The van der Waals surface area contributed by atoms with Crippen LogP contribution in [0.4, 0.5) is 5.82 Å². The monoisotopic (exact) mass is 356 g/mol. The normalized spacial score (nSPS) is 16.9. The van der Waals surface area contributed by atoms with Crippen molar-refractivity contribution in [3.63, 3.8) is 0 Å². The number of carbonyl (C=O) groups is 2. The Kier molecular flexibility index (Phi) is 5.20. The van der Waals surface area contributed by atoms with E-state index in [1.165, 1.54) is 6.08 Å². The van der Waals surface area contributed by atoms with E-state index in [0.29, 0.717) is 41.6 Å². The molecule has 3 rings (SSSR count). The van der Waals surface area contributed by atoms with Gasteiger partial charge in [0.2, 0.25) is 5.91 Å². The second-order valence-corrected chi connectivity index (χ2v) is 6.81. The number of rotatable bonds is 6. The average molecular weight is 356 g/mol. The third-order valence-electron chi connectivity index (χ3n) is 4.39. The summed E-state index contributed by atoms with van der Waals surface area (Å²) < 4.78 is 0. The Hall–Kier alpha value is -2.90. The Morgan fingerprint density at radius 1 is 1.50 bits per heavy atom. The number of aromatic amines is 1. The van der Waals surface area contributed by atoms with E-state index in [2.05, 4.69) is 32.2 Å².